The fourth-order valence-electron chi connectivity index (χ4n) is 1.82. The molecule has 2 aromatic carbocycles. The van der Waals surface area contributed by atoms with Crippen LogP contribution in [0.1, 0.15) is 19.8 Å². The molecule has 0 bridgehead atoms. The summed E-state index contributed by atoms with van der Waals surface area (Å²) in [5.74, 6) is 0. The van der Waals surface area contributed by atoms with Crippen LogP contribution in [0.25, 0.3) is 10.8 Å². The van der Waals surface area contributed by atoms with Crippen LogP contribution in [-0.2, 0) is 0 Å². The summed E-state index contributed by atoms with van der Waals surface area (Å²) >= 11 is 0. The van der Waals surface area contributed by atoms with Crippen LogP contribution in [0.15, 0.2) is 42.5 Å². The largest absolute Gasteiger partial charge is 0.338 e. The Morgan fingerprint density at radius 2 is 1.89 bits per heavy atom. The second kappa shape index (κ2) is 6.05. The van der Waals surface area contributed by atoms with Crippen molar-refractivity contribution in [3.63, 3.8) is 0 Å². The summed E-state index contributed by atoms with van der Waals surface area (Å²) in [6.07, 6.45) is 2.08. The highest BCUT2D eigenvalue weighted by atomic mass is 16.2. The topological polar surface area (TPSA) is 41.1 Å². The van der Waals surface area contributed by atoms with E-state index in [0.29, 0.717) is 0 Å². The lowest BCUT2D eigenvalue weighted by molar-refractivity contribution is 0.252. The SMILES string of the molecule is CCCCNC(=O)Nc1ccc2ccccc2c1. The van der Waals surface area contributed by atoms with Crippen molar-refractivity contribution in [1.29, 1.82) is 0 Å². The molecule has 18 heavy (non-hydrogen) atoms. The number of fused-ring (bicyclic) bond motifs is 1. The van der Waals surface area contributed by atoms with Crippen LogP contribution in [0.2, 0.25) is 0 Å². The maximum atomic E-state index is 11.6. The first-order chi connectivity index (χ1) is 8.79. The van der Waals surface area contributed by atoms with Gasteiger partial charge in [0.25, 0.3) is 0 Å². The third-order valence-electron chi connectivity index (χ3n) is 2.82. The molecule has 0 saturated carbocycles. The molecule has 0 fully saturated rings. The van der Waals surface area contributed by atoms with Gasteiger partial charge in [0.15, 0.2) is 0 Å². The quantitative estimate of drug-likeness (QED) is 0.787. The second-order valence-electron chi connectivity index (χ2n) is 4.30. The summed E-state index contributed by atoms with van der Waals surface area (Å²) in [4.78, 5) is 11.6. The van der Waals surface area contributed by atoms with Gasteiger partial charge in [0.05, 0.1) is 0 Å². The third-order valence-corrected chi connectivity index (χ3v) is 2.82. The average molecular weight is 242 g/mol. The lowest BCUT2D eigenvalue weighted by atomic mass is 10.1. The molecule has 0 aliphatic heterocycles. The van der Waals surface area contributed by atoms with E-state index in [-0.39, 0.29) is 6.03 Å². The monoisotopic (exact) mass is 242 g/mol. The number of anilines is 1. The molecule has 0 saturated heterocycles. The number of nitrogens with one attached hydrogen (secondary N) is 2. The fraction of sp³-hybridized carbons (Fsp3) is 0.267. The summed E-state index contributed by atoms with van der Waals surface area (Å²) in [5.41, 5.74) is 0.822. The molecule has 3 heteroatoms. The molecule has 0 radical (unpaired) electrons. The van der Waals surface area contributed by atoms with Crippen molar-refractivity contribution in [1.82, 2.24) is 5.32 Å². The Morgan fingerprint density at radius 1 is 1.11 bits per heavy atom. The minimum atomic E-state index is -0.140. The molecule has 0 atom stereocenters. The number of urea groups is 1. The third kappa shape index (κ3) is 3.23. The molecule has 0 aromatic heterocycles. The van der Waals surface area contributed by atoms with E-state index in [9.17, 15) is 4.79 Å². The molecule has 2 amide bonds. The standard InChI is InChI=1S/C15H18N2O/c1-2-3-10-16-15(18)17-14-9-8-12-6-4-5-7-13(12)11-14/h4-9,11H,2-3,10H2,1H3,(H2,16,17,18). The highest BCUT2D eigenvalue weighted by molar-refractivity contribution is 5.93. The number of unbranched alkanes of at least 4 members (excludes halogenated alkanes) is 1. The lowest BCUT2D eigenvalue weighted by Crippen LogP contribution is -2.29. The van der Waals surface area contributed by atoms with E-state index < -0.39 is 0 Å². The molecule has 0 spiro atoms. The van der Waals surface area contributed by atoms with Gasteiger partial charge in [0, 0.05) is 12.2 Å². The van der Waals surface area contributed by atoms with Gasteiger partial charge in [-0.05, 0) is 29.3 Å². The first kappa shape index (κ1) is 12.4. The van der Waals surface area contributed by atoms with Crippen molar-refractivity contribution < 1.29 is 4.79 Å². The van der Waals surface area contributed by atoms with Crippen molar-refractivity contribution >= 4 is 22.5 Å². The lowest BCUT2D eigenvalue weighted by Gasteiger charge is -2.08. The summed E-state index contributed by atoms with van der Waals surface area (Å²) in [7, 11) is 0. The van der Waals surface area contributed by atoms with Crippen LogP contribution in [0.3, 0.4) is 0 Å². The second-order valence-corrected chi connectivity index (χ2v) is 4.30. The molecular formula is C15H18N2O. The molecule has 2 rings (SSSR count). The highest BCUT2D eigenvalue weighted by Gasteiger charge is 2.01. The van der Waals surface area contributed by atoms with Gasteiger partial charge in [-0.15, -0.1) is 0 Å². The fourth-order valence-corrected chi connectivity index (χ4v) is 1.82. The van der Waals surface area contributed by atoms with Gasteiger partial charge in [-0.1, -0.05) is 43.7 Å². The molecule has 2 aromatic rings. The molecule has 0 aliphatic carbocycles. The Labute approximate surface area is 107 Å². The maximum Gasteiger partial charge on any atom is 0.319 e. The van der Waals surface area contributed by atoms with Gasteiger partial charge < -0.3 is 10.6 Å². The van der Waals surface area contributed by atoms with Crippen molar-refractivity contribution in [2.75, 3.05) is 11.9 Å². The minimum Gasteiger partial charge on any atom is -0.338 e. The van der Waals surface area contributed by atoms with Crippen LogP contribution in [0, 0.1) is 0 Å². The van der Waals surface area contributed by atoms with Gasteiger partial charge in [0.2, 0.25) is 0 Å². The maximum absolute atomic E-state index is 11.6. The molecule has 2 N–H and O–H groups in total. The summed E-state index contributed by atoms with van der Waals surface area (Å²) < 4.78 is 0. The van der Waals surface area contributed by atoms with Gasteiger partial charge in [-0.3, -0.25) is 0 Å². The molecule has 0 unspecified atom stereocenters. The van der Waals surface area contributed by atoms with Crippen molar-refractivity contribution in [2.24, 2.45) is 0 Å². The van der Waals surface area contributed by atoms with Crippen molar-refractivity contribution in [2.45, 2.75) is 19.8 Å². The number of carbonyl (C=O) groups is 1. The number of carbonyl (C=O) groups excluding carboxylic acids is 1. The average Bonchev–Trinajstić information content (AvgIpc) is 2.39. The molecule has 0 heterocycles. The molecule has 94 valence electrons. The molecule has 3 nitrogen and oxygen atoms in total. The van der Waals surface area contributed by atoms with E-state index in [4.69, 9.17) is 0 Å². The van der Waals surface area contributed by atoms with Gasteiger partial charge in [-0.25, -0.2) is 4.79 Å². The summed E-state index contributed by atoms with van der Waals surface area (Å²) in [5, 5.41) is 7.98. The first-order valence-corrected chi connectivity index (χ1v) is 6.33. The minimum absolute atomic E-state index is 0.140. The van der Waals surface area contributed by atoms with E-state index in [0.717, 1.165) is 30.5 Å². The first-order valence-electron chi connectivity index (χ1n) is 6.33. The number of rotatable bonds is 4. The molecule has 0 aliphatic rings. The number of hydrogen-bond donors (Lipinski definition) is 2. The zero-order chi connectivity index (χ0) is 12.8. The van der Waals surface area contributed by atoms with Gasteiger partial charge in [-0.2, -0.15) is 0 Å². The van der Waals surface area contributed by atoms with Crippen molar-refractivity contribution in [3.8, 4) is 0 Å². The van der Waals surface area contributed by atoms with Crippen LogP contribution in [-0.4, -0.2) is 12.6 Å². The Kier molecular flexibility index (Phi) is 4.18. The predicted octanol–water partition coefficient (Wildman–Crippen LogP) is 3.76. The summed E-state index contributed by atoms with van der Waals surface area (Å²) in [6, 6.07) is 13.9. The molecular weight excluding hydrogens is 224 g/mol. The normalized spacial score (nSPS) is 10.3. The van der Waals surface area contributed by atoms with E-state index in [1.54, 1.807) is 0 Å². The van der Waals surface area contributed by atoms with E-state index in [1.165, 1.54) is 5.39 Å². The zero-order valence-electron chi connectivity index (χ0n) is 10.6. The number of benzene rings is 2. The Balaban J connectivity index is 2.01. The highest BCUT2D eigenvalue weighted by Crippen LogP contribution is 2.18. The van der Waals surface area contributed by atoms with E-state index in [1.807, 2.05) is 36.4 Å². The van der Waals surface area contributed by atoms with Crippen LogP contribution in [0.5, 0.6) is 0 Å². The number of amides is 2. The van der Waals surface area contributed by atoms with Crippen LogP contribution in [0.4, 0.5) is 10.5 Å². The van der Waals surface area contributed by atoms with Gasteiger partial charge >= 0.3 is 6.03 Å². The smallest absolute Gasteiger partial charge is 0.319 e. The zero-order valence-corrected chi connectivity index (χ0v) is 10.6. The Hall–Kier alpha value is -2.03. The van der Waals surface area contributed by atoms with Gasteiger partial charge in [0.1, 0.15) is 0 Å². The predicted molar refractivity (Wildman–Crippen MR) is 75.9 cm³/mol. The van der Waals surface area contributed by atoms with Crippen LogP contribution >= 0.6 is 0 Å². The van der Waals surface area contributed by atoms with Crippen LogP contribution < -0.4 is 10.6 Å². The van der Waals surface area contributed by atoms with E-state index in [2.05, 4.69) is 23.6 Å². The number of hydrogen-bond acceptors (Lipinski definition) is 1. The van der Waals surface area contributed by atoms with Crippen molar-refractivity contribution in [3.05, 3.63) is 42.5 Å². The summed E-state index contributed by atoms with van der Waals surface area (Å²) in [6.45, 7) is 2.82. The Bertz CT molecular complexity index is 537. The van der Waals surface area contributed by atoms with E-state index >= 15 is 0 Å². The Morgan fingerprint density at radius 3 is 2.67 bits per heavy atom.